The molecule has 0 saturated carbocycles. The summed E-state index contributed by atoms with van der Waals surface area (Å²) in [6.07, 6.45) is 1.60. The van der Waals surface area contributed by atoms with Crippen molar-refractivity contribution in [3.63, 3.8) is 0 Å². The molecule has 0 aliphatic heterocycles. The molecule has 6 heteroatoms. The van der Waals surface area contributed by atoms with E-state index in [4.69, 9.17) is 5.73 Å². The van der Waals surface area contributed by atoms with Crippen LogP contribution in [0.5, 0.6) is 0 Å². The minimum absolute atomic E-state index is 0.438. The van der Waals surface area contributed by atoms with Crippen LogP contribution in [0.2, 0.25) is 0 Å². The fraction of sp³-hybridized carbons (Fsp3) is 0.444. The maximum atomic E-state index is 11.1. The van der Waals surface area contributed by atoms with E-state index >= 15 is 0 Å². The first-order chi connectivity index (χ1) is 6.95. The first-order valence-corrected chi connectivity index (χ1v) is 4.54. The molecule has 0 atom stereocenters. The van der Waals surface area contributed by atoms with Gasteiger partial charge in [-0.1, -0.05) is 0 Å². The molecule has 6 nitrogen and oxygen atoms in total. The largest absolute Gasteiger partial charge is 0.368 e. The van der Waals surface area contributed by atoms with Crippen LogP contribution in [0, 0.1) is 0 Å². The van der Waals surface area contributed by atoms with Crippen molar-refractivity contribution in [3.05, 3.63) is 12.3 Å². The highest BCUT2D eigenvalue weighted by Crippen LogP contribution is 2.12. The van der Waals surface area contributed by atoms with E-state index < -0.39 is 11.4 Å². The second-order valence-corrected chi connectivity index (χ2v) is 3.63. The third-order valence-corrected chi connectivity index (χ3v) is 1.94. The van der Waals surface area contributed by atoms with Crippen molar-refractivity contribution in [2.75, 3.05) is 17.7 Å². The molecule has 0 bridgehead atoms. The average molecular weight is 209 g/mol. The van der Waals surface area contributed by atoms with Gasteiger partial charge in [-0.25, -0.2) is 4.98 Å². The van der Waals surface area contributed by atoms with Gasteiger partial charge in [0, 0.05) is 13.2 Å². The van der Waals surface area contributed by atoms with Gasteiger partial charge in [0.25, 0.3) is 0 Å². The Morgan fingerprint density at radius 1 is 1.53 bits per heavy atom. The van der Waals surface area contributed by atoms with Gasteiger partial charge >= 0.3 is 0 Å². The van der Waals surface area contributed by atoms with Gasteiger partial charge in [0.2, 0.25) is 11.9 Å². The number of amides is 1. The standard InChI is InChI=1S/C9H15N5O/c1-9(2,7(10)15)14-6-4-5-12-8(11-3)13-6/h4-5H,1-3H3,(H2,10,15)(H2,11,12,13,14). The highest BCUT2D eigenvalue weighted by Gasteiger charge is 2.24. The van der Waals surface area contributed by atoms with Gasteiger partial charge in [0.15, 0.2) is 0 Å². The van der Waals surface area contributed by atoms with Crippen LogP contribution >= 0.6 is 0 Å². The summed E-state index contributed by atoms with van der Waals surface area (Å²) < 4.78 is 0. The number of anilines is 2. The van der Waals surface area contributed by atoms with Crippen LogP contribution in [-0.2, 0) is 4.79 Å². The number of carbonyl (C=O) groups is 1. The molecule has 0 aliphatic rings. The SMILES string of the molecule is CNc1nccc(NC(C)(C)C(N)=O)n1. The number of primary amides is 1. The lowest BCUT2D eigenvalue weighted by Crippen LogP contribution is -2.45. The number of hydrogen-bond acceptors (Lipinski definition) is 5. The summed E-state index contributed by atoms with van der Waals surface area (Å²) in [4.78, 5) is 19.2. The summed E-state index contributed by atoms with van der Waals surface area (Å²) in [5.74, 6) is 0.602. The molecule has 1 aromatic heterocycles. The van der Waals surface area contributed by atoms with Crippen LogP contribution in [0.4, 0.5) is 11.8 Å². The molecule has 0 fully saturated rings. The van der Waals surface area contributed by atoms with E-state index in [0.717, 1.165) is 0 Å². The van der Waals surface area contributed by atoms with Crippen molar-refractivity contribution in [1.29, 1.82) is 0 Å². The van der Waals surface area contributed by atoms with Gasteiger partial charge in [-0.15, -0.1) is 0 Å². The van der Waals surface area contributed by atoms with Crippen LogP contribution in [0.3, 0.4) is 0 Å². The van der Waals surface area contributed by atoms with Crippen LogP contribution in [0.15, 0.2) is 12.3 Å². The molecule has 82 valence electrons. The van der Waals surface area contributed by atoms with Gasteiger partial charge in [-0.2, -0.15) is 4.98 Å². The number of aromatic nitrogens is 2. The summed E-state index contributed by atoms with van der Waals surface area (Å²) in [6.45, 7) is 3.38. The molecule has 1 aromatic rings. The zero-order chi connectivity index (χ0) is 11.5. The van der Waals surface area contributed by atoms with E-state index in [1.54, 1.807) is 33.2 Å². The molecule has 0 saturated heterocycles. The van der Waals surface area contributed by atoms with Crippen molar-refractivity contribution in [3.8, 4) is 0 Å². The molecule has 1 rings (SSSR count). The lowest BCUT2D eigenvalue weighted by molar-refractivity contribution is -0.121. The van der Waals surface area contributed by atoms with E-state index in [-0.39, 0.29) is 0 Å². The van der Waals surface area contributed by atoms with Crippen LogP contribution in [-0.4, -0.2) is 28.5 Å². The fourth-order valence-electron chi connectivity index (χ4n) is 0.931. The third kappa shape index (κ3) is 2.80. The van der Waals surface area contributed by atoms with E-state index in [2.05, 4.69) is 20.6 Å². The lowest BCUT2D eigenvalue weighted by atomic mass is 10.1. The number of rotatable bonds is 4. The molecular formula is C9H15N5O. The Hall–Kier alpha value is -1.85. The van der Waals surface area contributed by atoms with Crippen molar-refractivity contribution in [2.24, 2.45) is 5.73 Å². The number of hydrogen-bond donors (Lipinski definition) is 3. The van der Waals surface area contributed by atoms with Gasteiger partial charge in [0.05, 0.1) is 0 Å². The van der Waals surface area contributed by atoms with E-state index in [1.807, 2.05) is 0 Å². The number of nitrogens with one attached hydrogen (secondary N) is 2. The topological polar surface area (TPSA) is 92.9 Å². The lowest BCUT2D eigenvalue weighted by Gasteiger charge is -2.22. The molecule has 15 heavy (non-hydrogen) atoms. The molecule has 4 N–H and O–H groups in total. The van der Waals surface area contributed by atoms with E-state index in [0.29, 0.717) is 11.8 Å². The minimum atomic E-state index is -0.834. The molecule has 1 heterocycles. The summed E-state index contributed by atoms with van der Waals surface area (Å²) in [5.41, 5.74) is 4.39. The zero-order valence-electron chi connectivity index (χ0n) is 9.03. The molecule has 0 radical (unpaired) electrons. The predicted molar refractivity (Wildman–Crippen MR) is 58.5 cm³/mol. The van der Waals surface area contributed by atoms with Crippen molar-refractivity contribution >= 4 is 17.7 Å². The summed E-state index contributed by atoms with van der Waals surface area (Å²) in [7, 11) is 1.72. The Labute approximate surface area is 88.3 Å². The monoisotopic (exact) mass is 209 g/mol. The summed E-state index contributed by atoms with van der Waals surface area (Å²) in [6, 6.07) is 1.67. The van der Waals surface area contributed by atoms with Crippen LogP contribution in [0.1, 0.15) is 13.8 Å². The Morgan fingerprint density at radius 2 is 2.20 bits per heavy atom. The van der Waals surface area contributed by atoms with Gasteiger partial charge in [-0.05, 0) is 19.9 Å². The average Bonchev–Trinajstić information content (AvgIpc) is 2.17. The zero-order valence-corrected chi connectivity index (χ0v) is 9.03. The Kier molecular flexibility index (Phi) is 3.08. The highest BCUT2D eigenvalue weighted by molar-refractivity contribution is 5.86. The molecule has 0 aromatic carbocycles. The second-order valence-electron chi connectivity index (χ2n) is 3.63. The summed E-state index contributed by atoms with van der Waals surface area (Å²) >= 11 is 0. The quantitative estimate of drug-likeness (QED) is 0.658. The van der Waals surface area contributed by atoms with E-state index in [1.165, 1.54) is 0 Å². The molecular weight excluding hydrogens is 194 g/mol. The second kappa shape index (κ2) is 4.12. The van der Waals surface area contributed by atoms with Gasteiger partial charge < -0.3 is 16.4 Å². The van der Waals surface area contributed by atoms with Crippen LogP contribution < -0.4 is 16.4 Å². The Morgan fingerprint density at radius 3 is 2.73 bits per heavy atom. The number of nitrogens with two attached hydrogens (primary N) is 1. The minimum Gasteiger partial charge on any atom is -0.368 e. The highest BCUT2D eigenvalue weighted by atomic mass is 16.1. The van der Waals surface area contributed by atoms with Crippen molar-refractivity contribution < 1.29 is 4.79 Å². The van der Waals surface area contributed by atoms with Crippen molar-refractivity contribution in [1.82, 2.24) is 9.97 Å². The predicted octanol–water partition coefficient (Wildman–Crippen LogP) is 0.194. The van der Waals surface area contributed by atoms with Gasteiger partial charge in [0.1, 0.15) is 11.4 Å². The molecule has 0 aliphatic carbocycles. The van der Waals surface area contributed by atoms with Crippen LogP contribution in [0.25, 0.3) is 0 Å². The third-order valence-electron chi connectivity index (χ3n) is 1.94. The first-order valence-electron chi connectivity index (χ1n) is 4.54. The molecule has 0 unspecified atom stereocenters. The molecule has 1 amide bonds. The Balaban J connectivity index is 2.85. The maximum absolute atomic E-state index is 11.1. The Bertz CT molecular complexity index is 363. The summed E-state index contributed by atoms with van der Waals surface area (Å²) in [5, 5.41) is 5.73. The number of nitrogens with zero attached hydrogens (tertiary/aromatic N) is 2. The van der Waals surface area contributed by atoms with Gasteiger partial charge in [-0.3, -0.25) is 4.79 Å². The fourth-order valence-corrected chi connectivity index (χ4v) is 0.931. The van der Waals surface area contributed by atoms with Crippen molar-refractivity contribution in [2.45, 2.75) is 19.4 Å². The normalized spacial score (nSPS) is 10.9. The smallest absolute Gasteiger partial charge is 0.242 e. The number of carbonyl (C=O) groups excluding carboxylic acids is 1. The van der Waals surface area contributed by atoms with E-state index in [9.17, 15) is 4.79 Å². The molecule has 0 spiro atoms. The maximum Gasteiger partial charge on any atom is 0.242 e. The first kappa shape index (κ1) is 11.2.